The zero-order valence-electron chi connectivity index (χ0n) is 13.7. The maximum atomic E-state index is 2.49. The van der Waals surface area contributed by atoms with Crippen molar-refractivity contribution in [2.45, 2.75) is 73.5 Å². The molecule has 108 valence electrons. The minimum atomic E-state index is -1.27. The van der Waals surface area contributed by atoms with Crippen molar-refractivity contribution in [1.29, 1.82) is 0 Å². The van der Waals surface area contributed by atoms with E-state index in [1.54, 1.807) is 16.0 Å². The van der Waals surface area contributed by atoms with Gasteiger partial charge in [-0.05, 0) is 0 Å². The van der Waals surface area contributed by atoms with Crippen molar-refractivity contribution in [2.75, 3.05) is 0 Å². The SMILES string of the molecule is CC(C)c1cc(C(C)C)c([S][Bi]([CH3])[CH3])c(C(C)C)c1. The fraction of sp³-hybridized carbons (Fsp3) is 0.647. The first kappa shape index (κ1) is 17.5. The molecule has 1 aromatic rings. The Hall–Kier alpha value is 0.453. The second-order valence-corrected chi connectivity index (χ2v) is 21.8. The Kier molecular flexibility index (Phi) is 6.87. The van der Waals surface area contributed by atoms with Crippen LogP contribution in [0.2, 0.25) is 9.26 Å². The number of rotatable bonds is 5. The molecule has 0 saturated carbocycles. The van der Waals surface area contributed by atoms with Crippen LogP contribution in [0.3, 0.4) is 0 Å². The number of hydrogen-bond donors (Lipinski definition) is 0. The molecule has 1 aromatic carbocycles. The molecule has 0 unspecified atom stereocenters. The van der Waals surface area contributed by atoms with Crippen LogP contribution in [0.25, 0.3) is 0 Å². The Balaban J connectivity index is 3.46. The molecule has 2 heteroatoms. The summed E-state index contributed by atoms with van der Waals surface area (Å²) in [6.07, 6.45) is 0. The molecule has 0 spiro atoms. The molecule has 0 bridgehead atoms. The quantitative estimate of drug-likeness (QED) is 0.445. The van der Waals surface area contributed by atoms with Gasteiger partial charge in [0, 0.05) is 0 Å². The molecule has 0 aliphatic carbocycles. The second kappa shape index (κ2) is 7.46. The molecule has 0 aliphatic rings. The van der Waals surface area contributed by atoms with Gasteiger partial charge in [-0.1, -0.05) is 0 Å². The Morgan fingerprint density at radius 2 is 1.21 bits per heavy atom. The molecule has 19 heavy (non-hydrogen) atoms. The van der Waals surface area contributed by atoms with E-state index in [9.17, 15) is 0 Å². The van der Waals surface area contributed by atoms with Gasteiger partial charge in [-0.25, -0.2) is 0 Å². The van der Waals surface area contributed by atoms with E-state index in [2.05, 4.69) is 71.5 Å². The maximum absolute atomic E-state index is 2.49. The predicted molar refractivity (Wildman–Crippen MR) is 92.0 cm³/mol. The van der Waals surface area contributed by atoms with Crippen LogP contribution in [0.4, 0.5) is 0 Å². The van der Waals surface area contributed by atoms with Crippen molar-refractivity contribution >= 4 is 28.8 Å². The van der Waals surface area contributed by atoms with Crippen molar-refractivity contribution < 1.29 is 0 Å². The molecule has 0 radical (unpaired) electrons. The van der Waals surface area contributed by atoms with Crippen molar-refractivity contribution in [1.82, 2.24) is 0 Å². The average Bonchev–Trinajstić information content (AvgIpc) is 2.27. The fourth-order valence-corrected chi connectivity index (χ4v) is 10.1. The van der Waals surface area contributed by atoms with Crippen LogP contribution in [0, 0.1) is 0 Å². The Morgan fingerprint density at radius 3 is 1.47 bits per heavy atom. The van der Waals surface area contributed by atoms with Crippen LogP contribution in [-0.2, 0) is 0 Å². The van der Waals surface area contributed by atoms with E-state index in [0.717, 1.165) is 0 Å². The van der Waals surface area contributed by atoms with E-state index in [1.165, 1.54) is 5.56 Å². The van der Waals surface area contributed by atoms with Gasteiger partial charge in [0.1, 0.15) is 0 Å². The summed E-state index contributed by atoms with van der Waals surface area (Å²) >= 11 is -1.27. The van der Waals surface area contributed by atoms with Crippen LogP contribution in [0.5, 0.6) is 0 Å². The van der Waals surface area contributed by atoms with E-state index in [-0.39, 0.29) is 0 Å². The summed E-state index contributed by atoms with van der Waals surface area (Å²) < 4.78 is 4.98. The Bertz CT molecular complexity index is 390. The van der Waals surface area contributed by atoms with Gasteiger partial charge in [0.05, 0.1) is 0 Å². The molecule has 0 aromatic heterocycles. The van der Waals surface area contributed by atoms with Crippen molar-refractivity contribution in [3.05, 3.63) is 28.8 Å². The zero-order valence-corrected chi connectivity index (χ0v) is 18.0. The molecule has 0 amide bonds. The predicted octanol–water partition coefficient (Wildman–Crippen LogP) is 6.40. The third kappa shape index (κ3) is 4.74. The molecule has 0 aliphatic heterocycles. The van der Waals surface area contributed by atoms with Gasteiger partial charge < -0.3 is 0 Å². The van der Waals surface area contributed by atoms with Crippen LogP contribution in [0.1, 0.15) is 76.0 Å². The fourth-order valence-electron chi connectivity index (χ4n) is 2.18. The van der Waals surface area contributed by atoms with Crippen molar-refractivity contribution in [3.63, 3.8) is 0 Å². The van der Waals surface area contributed by atoms with Crippen LogP contribution in [0.15, 0.2) is 17.0 Å². The van der Waals surface area contributed by atoms with Gasteiger partial charge in [0.25, 0.3) is 0 Å². The molecule has 0 nitrogen and oxygen atoms in total. The summed E-state index contributed by atoms with van der Waals surface area (Å²) in [5.74, 6) is 1.88. The van der Waals surface area contributed by atoms with Crippen LogP contribution in [-0.4, -0.2) is 20.3 Å². The van der Waals surface area contributed by atoms with Gasteiger partial charge in [-0.15, -0.1) is 0 Å². The third-order valence-electron chi connectivity index (χ3n) is 3.35. The topological polar surface area (TPSA) is 0 Å². The van der Waals surface area contributed by atoms with Crippen LogP contribution >= 0.6 is 8.52 Å². The number of hydrogen-bond acceptors (Lipinski definition) is 1. The third-order valence-corrected chi connectivity index (χ3v) is 10.8. The summed E-state index contributed by atoms with van der Waals surface area (Å²) in [5.41, 5.74) is 4.68. The Labute approximate surface area is 130 Å². The van der Waals surface area contributed by atoms with E-state index in [0.29, 0.717) is 17.8 Å². The minimum absolute atomic E-state index is 0.621. The van der Waals surface area contributed by atoms with E-state index in [4.69, 9.17) is 0 Å². The molecule has 0 N–H and O–H groups in total. The van der Waals surface area contributed by atoms with Crippen molar-refractivity contribution in [2.24, 2.45) is 0 Å². The summed E-state index contributed by atoms with van der Waals surface area (Å²) in [4.78, 5) is 1.62. The van der Waals surface area contributed by atoms with Crippen molar-refractivity contribution in [3.8, 4) is 0 Å². The molecule has 0 saturated heterocycles. The second-order valence-electron chi connectivity index (χ2n) is 6.40. The molecule has 0 fully saturated rings. The van der Waals surface area contributed by atoms with Gasteiger partial charge in [0.2, 0.25) is 0 Å². The van der Waals surface area contributed by atoms with E-state index < -0.39 is 20.3 Å². The first-order valence-electron chi connectivity index (χ1n) is 7.27. The van der Waals surface area contributed by atoms with Crippen LogP contribution < -0.4 is 0 Å². The van der Waals surface area contributed by atoms with Gasteiger partial charge >= 0.3 is 131 Å². The molecule has 0 heterocycles. The van der Waals surface area contributed by atoms with Gasteiger partial charge in [-0.2, -0.15) is 0 Å². The average molecular weight is 474 g/mol. The van der Waals surface area contributed by atoms with Gasteiger partial charge in [-0.3, -0.25) is 0 Å². The normalized spacial score (nSPS) is 12.2. The molecule has 1 rings (SSSR count). The standard InChI is InChI=1S/C15H24S.2CH3.Bi/c1-9(2)12-7-13(10(3)4)15(16)14(8-12)11(5)6;;;/h7-11,16H,1-6H3;2*1H3;/q;;;+1/p-1. The zero-order chi connectivity index (χ0) is 14.7. The molecular formula is C17H29BiS. The summed E-state index contributed by atoms with van der Waals surface area (Å²) in [5, 5.41) is 0. The van der Waals surface area contributed by atoms with Gasteiger partial charge in [0.15, 0.2) is 0 Å². The molecular weight excluding hydrogens is 445 g/mol. The van der Waals surface area contributed by atoms with E-state index >= 15 is 0 Å². The number of benzene rings is 1. The Morgan fingerprint density at radius 1 is 0.789 bits per heavy atom. The first-order chi connectivity index (χ1) is 8.73. The first-order valence-corrected chi connectivity index (χ1v) is 19.3. The summed E-state index contributed by atoms with van der Waals surface area (Å²) in [7, 11) is 2.23. The summed E-state index contributed by atoms with van der Waals surface area (Å²) in [6, 6.07) is 4.94. The monoisotopic (exact) mass is 474 g/mol. The summed E-state index contributed by atoms with van der Waals surface area (Å²) in [6.45, 7) is 14.0. The van der Waals surface area contributed by atoms with E-state index in [1.807, 2.05) is 0 Å². The molecule has 0 atom stereocenters.